The summed E-state index contributed by atoms with van der Waals surface area (Å²) in [5.74, 6) is 1.59. The smallest absolute Gasteiger partial charge is 0.255 e. The van der Waals surface area contributed by atoms with Crippen LogP contribution in [0.2, 0.25) is 5.02 Å². The first-order valence-electron chi connectivity index (χ1n) is 12.0. The van der Waals surface area contributed by atoms with Crippen molar-refractivity contribution in [1.29, 1.82) is 5.26 Å². The van der Waals surface area contributed by atoms with Crippen LogP contribution in [0.15, 0.2) is 35.3 Å². The lowest BCUT2D eigenvalue weighted by Crippen LogP contribution is -2.62. The zero-order chi connectivity index (χ0) is 23.8. The molecule has 4 atom stereocenters. The maximum Gasteiger partial charge on any atom is 0.255 e. The molecule has 34 heavy (non-hydrogen) atoms. The van der Waals surface area contributed by atoms with Gasteiger partial charge in [0.2, 0.25) is 0 Å². The Balaban J connectivity index is 1.30. The molecular formula is C26H28ClN5O2. The number of aromatic nitrogens is 1. The van der Waals surface area contributed by atoms with E-state index in [2.05, 4.69) is 28.7 Å². The van der Waals surface area contributed by atoms with Crippen molar-refractivity contribution in [2.45, 2.75) is 43.8 Å². The minimum Gasteiger partial charge on any atom is -0.381 e. The summed E-state index contributed by atoms with van der Waals surface area (Å²) in [5, 5.41) is 16.2. The highest BCUT2D eigenvalue weighted by atomic mass is 35.5. The summed E-state index contributed by atoms with van der Waals surface area (Å²) in [6.45, 7) is 3.93. The van der Waals surface area contributed by atoms with E-state index in [0.29, 0.717) is 45.3 Å². The average molecular weight is 478 g/mol. The molecule has 1 saturated heterocycles. The molecule has 1 aromatic heterocycles. The molecule has 5 aliphatic rings. The zero-order valence-electron chi connectivity index (χ0n) is 19.3. The van der Waals surface area contributed by atoms with Crippen LogP contribution < -0.4 is 16.2 Å². The number of carbonyl (C=O) groups is 1. The first kappa shape index (κ1) is 21.7. The summed E-state index contributed by atoms with van der Waals surface area (Å²) in [5.41, 5.74) is 2.02. The van der Waals surface area contributed by atoms with Gasteiger partial charge in [-0.2, -0.15) is 5.26 Å². The third kappa shape index (κ3) is 3.27. The van der Waals surface area contributed by atoms with Gasteiger partial charge in [0, 0.05) is 36.9 Å². The number of benzene rings is 1. The number of anilines is 1. The van der Waals surface area contributed by atoms with Crippen molar-refractivity contribution in [2.24, 2.45) is 17.8 Å². The molecular weight excluding hydrogens is 450 g/mol. The number of hydrogen-bond donors (Lipinski definition) is 2. The Morgan fingerprint density at radius 2 is 1.97 bits per heavy atom. The molecule has 2 heterocycles. The molecule has 2 N–H and O–H groups in total. The molecule has 2 aromatic rings. The van der Waals surface area contributed by atoms with E-state index >= 15 is 0 Å². The van der Waals surface area contributed by atoms with Gasteiger partial charge in [0.1, 0.15) is 6.07 Å². The van der Waals surface area contributed by atoms with Crippen molar-refractivity contribution in [3.8, 4) is 6.07 Å². The van der Waals surface area contributed by atoms with Crippen LogP contribution in [0.25, 0.3) is 0 Å². The number of likely N-dealkylation sites (tertiary alicyclic amines) is 1. The quantitative estimate of drug-likeness (QED) is 0.666. The molecule has 1 aliphatic heterocycles. The molecule has 4 aliphatic carbocycles. The van der Waals surface area contributed by atoms with Gasteiger partial charge < -0.3 is 20.1 Å². The Kier molecular flexibility index (Phi) is 4.84. The van der Waals surface area contributed by atoms with E-state index in [0.717, 1.165) is 38.3 Å². The normalized spacial score (nSPS) is 31.5. The van der Waals surface area contributed by atoms with Crippen LogP contribution in [0.1, 0.15) is 53.7 Å². The largest absolute Gasteiger partial charge is 0.381 e. The van der Waals surface area contributed by atoms with Crippen LogP contribution in [0, 0.1) is 29.1 Å². The van der Waals surface area contributed by atoms with Crippen molar-refractivity contribution in [3.63, 3.8) is 0 Å². The first-order chi connectivity index (χ1) is 16.3. The fraction of sp³-hybridized carbons (Fsp3) is 0.500. The van der Waals surface area contributed by atoms with Crippen molar-refractivity contribution in [3.05, 3.63) is 62.5 Å². The monoisotopic (exact) mass is 477 g/mol. The van der Waals surface area contributed by atoms with Gasteiger partial charge in [0.15, 0.2) is 0 Å². The molecule has 176 valence electrons. The highest BCUT2D eigenvalue weighted by Crippen LogP contribution is 2.61. The lowest BCUT2D eigenvalue weighted by molar-refractivity contribution is -0.0914. The molecule has 0 radical (unpaired) electrons. The second kappa shape index (κ2) is 7.59. The van der Waals surface area contributed by atoms with Crippen molar-refractivity contribution < 1.29 is 4.79 Å². The Bertz CT molecular complexity index is 1270. The molecule has 0 unspecified atom stereocenters. The van der Waals surface area contributed by atoms with Crippen LogP contribution >= 0.6 is 11.6 Å². The number of pyridine rings is 1. The maximum atomic E-state index is 13.5. The minimum atomic E-state index is -0.398. The second-order valence-corrected chi connectivity index (χ2v) is 11.1. The number of amides is 1. The molecule has 2 bridgehead atoms. The van der Waals surface area contributed by atoms with Gasteiger partial charge in [0.25, 0.3) is 11.5 Å². The summed E-state index contributed by atoms with van der Waals surface area (Å²) in [7, 11) is 2.13. The van der Waals surface area contributed by atoms with E-state index in [4.69, 9.17) is 11.6 Å². The summed E-state index contributed by atoms with van der Waals surface area (Å²) >= 11 is 6.41. The van der Waals surface area contributed by atoms with Crippen LogP contribution in [-0.4, -0.2) is 41.6 Å². The highest BCUT2D eigenvalue weighted by Gasteiger charge is 2.58. The first-order valence-corrected chi connectivity index (χ1v) is 12.4. The highest BCUT2D eigenvalue weighted by molar-refractivity contribution is 6.32. The number of fused-ring (bicyclic) bond motifs is 1. The Labute approximate surface area is 203 Å². The molecule has 8 heteroatoms. The topological polar surface area (TPSA) is 90.2 Å². The predicted molar refractivity (Wildman–Crippen MR) is 130 cm³/mol. The standard InChI is InChI=1S/C26H28ClN5O2/c1-14(17-5-3-4-16(10-28)23(17)27)29-25(34)20-13-32(26-7-15(8-26)9-26)22(33)6-21(20)30-24-18-11-31(2)12-19(18)24/h3-6,13-15,18-19,24,30H,7-9,11-12H2,1-2H3,(H,29,34)/t14-,15?,18-,19+,24+,26?/m1/s1. The minimum absolute atomic E-state index is 0.0436. The lowest BCUT2D eigenvalue weighted by atomic mass is 9.49. The molecule has 7 rings (SSSR count). The number of piperidine rings is 1. The fourth-order valence-corrected chi connectivity index (χ4v) is 6.72. The van der Waals surface area contributed by atoms with Gasteiger partial charge in [-0.15, -0.1) is 0 Å². The molecule has 7 nitrogen and oxygen atoms in total. The second-order valence-electron chi connectivity index (χ2n) is 10.7. The molecule has 4 saturated carbocycles. The van der Waals surface area contributed by atoms with Gasteiger partial charge in [-0.25, -0.2) is 0 Å². The summed E-state index contributed by atoms with van der Waals surface area (Å²) in [6.07, 6.45) is 4.83. The van der Waals surface area contributed by atoms with E-state index in [1.807, 2.05) is 13.0 Å². The van der Waals surface area contributed by atoms with Gasteiger partial charge >= 0.3 is 0 Å². The molecule has 0 spiro atoms. The van der Waals surface area contributed by atoms with Crippen LogP contribution in [0.5, 0.6) is 0 Å². The number of nitriles is 1. The Hall–Kier alpha value is -2.82. The maximum absolute atomic E-state index is 13.5. The number of carbonyl (C=O) groups excluding carboxylic acids is 1. The third-order valence-corrected chi connectivity index (χ3v) is 8.90. The van der Waals surface area contributed by atoms with Crippen molar-refractivity contribution in [1.82, 2.24) is 14.8 Å². The lowest BCUT2D eigenvalue weighted by Gasteiger charge is -2.62. The SMILES string of the molecule is C[C@@H](NC(=O)c1cn(C23CC(C2)C3)c(=O)cc1N[C@H]1[C@@H]2CN(C)C[C@@H]21)c1cccc(C#N)c1Cl. The fourth-order valence-electron chi connectivity index (χ4n) is 6.39. The zero-order valence-corrected chi connectivity index (χ0v) is 20.1. The van der Waals surface area contributed by atoms with Gasteiger partial charge in [0.05, 0.1) is 27.9 Å². The van der Waals surface area contributed by atoms with Crippen LogP contribution in [-0.2, 0) is 5.54 Å². The number of nitrogens with zero attached hydrogens (tertiary/aromatic N) is 3. The van der Waals surface area contributed by atoms with Gasteiger partial charge in [-0.3, -0.25) is 9.59 Å². The van der Waals surface area contributed by atoms with Gasteiger partial charge in [-0.1, -0.05) is 23.7 Å². The Morgan fingerprint density at radius 1 is 1.26 bits per heavy atom. The molecule has 1 aromatic carbocycles. The van der Waals surface area contributed by atoms with E-state index < -0.39 is 6.04 Å². The van der Waals surface area contributed by atoms with Gasteiger partial charge in [-0.05, 0) is 62.6 Å². The van der Waals surface area contributed by atoms with Crippen LogP contribution in [0.4, 0.5) is 5.69 Å². The van der Waals surface area contributed by atoms with E-state index in [1.54, 1.807) is 29.0 Å². The van der Waals surface area contributed by atoms with Crippen molar-refractivity contribution >= 4 is 23.2 Å². The number of halogens is 1. The number of hydrogen-bond acceptors (Lipinski definition) is 5. The number of rotatable bonds is 6. The van der Waals surface area contributed by atoms with E-state index in [1.165, 1.54) is 0 Å². The van der Waals surface area contributed by atoms with E-state index in [9.17, 15) is 14.9 Å². The molecule has 1 amide bonds. The summed E-state index contributed by atoms with van der Waals surface area (Å²) in [6, 6.07) is 8.84. The number of nitrogens with one attached hydrogen (secondary N) is 2. The summed E-state index contributed by atoms with van der Waals surface area (Å²) in [4.78, 5) is 28.9. The Morgan fingerprint density at radius 3 is 2.59 bits per heavy atom. The van der Waals surface area contributed by atoms with Crippen molar-refractivity contribution in [2.75, 3.05) is 25.5 Å². The third-order valence-electron chi connectivity index (χ3n) is 8.48. The summed E-state index contributed by atoms with van der Waals surface area (Å²) < 4.78 is 1.79. The van der Waals surface area contributed by atoms with E-state index in [-0.39, 0.29) is 17.0 Å². The van der Waals surface area contributed by atoms with Crippen LogP contribution in [0.3, 0.4) is 0 Å². The molecule has 5 fully saturated rings. The predicted octanol–water partition coefficient (Wildman–Crippen LogP) is 3.35. The average Bonchev–Trinajstić information content (AvgIpc) is 3.18.